The van der Waals surface area contributed by atoms with Crippen LogP contribution in [0.2, 0.25) is 0 Å². The molecular formula is C52H72BO2Zr+2. The third-order valence-corrected chi connectivity index (χ3v) is 13.9. The Hall–Kier alpha value is -2.25. The Balaban J connectivity index is 0.000000172. The van der Waals surface area contributed by atoms with Crippen molar-refractivity contribution in [2.45, 2.75) is 129 Å². The summed E-state index contributed by atoms with van der Waals surface area (Å²) >= 11 is 0. The normalized spacial score (nSPS) is 25.4. The van der Waals surface area contributed by atoms with E-state index in [2.05, 4.69) is 121 Å². The summed E-state index contributed by atoms with van der Waals surface area (Å²) in [5.74, 6) is 6.91. The molecule has 6 unspecified atom stereocenters. The molecule has 5 fully saturated rings. The molecule has 4 aromatic carbocycles. The average molecular weight is 831 g/mol. The summed E-state index contributed by atoms with van der Waals surface area (Å²) in [5, 5.41) is 8.52. The van der Waals surface area contributed by atoms with Crippen molar-refractivity contribution in [3.8, 4) is 0 Å². The van der Waals surface area contributed by atoms with E-state index in [4.69, 9.17) is 9.84 Å². The van der Waals surface area contributed by atoms with Crippen LogP contribution in [0.15, 0.2) is 121 Å². The molecule has 0 spiro atoms. The molecule has 1 N–H and O–H groups in total. The molecule has 1 saturated heterocycles. The molecule has 4 aromatic rings. The minimum atomic E-state index is -1.22. The molecule has 297 valence electrons. The van der Waals surface area contributed by atoms with Gasteiger partial charge in [-0.2, -0.15) is 21.9 Å². The first-order valence-corrected chi connectivity index (χ1v) is 22.5. The van der Waals surface area contributed by atoms with Crippen molar-refractivity contribution < 1.29 is 36.0 Å². The van der Waals surface area contributed by atoms with Crippen LogP contribution < -0.4 is 21.9 Å². The van der Waals surface area contributed by atoms with Gasteiger partial charge in [0.2, 0.25) is 0 Å². The van der Waals surface area contributed by atoms with Crippen LogP contribution in [0, 0.1) is 35.5 Å². The van der Waals surface area contributed by atoms with Crippen molar-refractivity contribution in [1.82, 2.24) is 0 Å². The quantitative estimate of drug-likeness (QED) is 0.188. The number of benzene rings is 4. The van der Waals surface area contributed by atoms with Gasteiger partial charge < -0.3 is 9.84 Å². The average Bonchev–Trinajstić information content (AvgIpc) is 4.02. The Bertz CT molecular complexity index is 1410. The second-order valence-corrected chi connectivity index (χ2v) is 18.7. The first-order chi connectivity index (χ1) is 26.8. The Morgan fingerprint density at radius 1 is 0.464 bits per heavy atom. The number of hydrogen-bond donors (Lipinski definition) is 1. The Kier molecular flexibility index (Phi) is 18.2. The molecule has 9 rings (SSSR count). The van der Waals surface area contributed by atoms with E-state index < -0.39 is 11.7 Å². The molecule has 1 heterocycles. The Morgan fingerprint density at radius 2 is 0.768 bits per heavy atom. The molecule has 56 heavy (non-hydrogen) atoms. The summed E-state index contributed by atoms with van der Waals surface area (Å²) in [4.78, 5) is 0. The van der Waals surface area contributed by atoms with E-state index in [9.17, 15) is 0 Å². The fourth-order valence-corrected chi connectivity index (χ4v) is 11.5. The van der Waals surface area contributed by atoms with E-state index in [1.165, 1.54) is 34.7 Å². The minimum absolute atomic E-state index is 0. The van der Waals surface area contributed by atoms with Gasteiger partial charge in [-0.05, 0) is 120 Å². The van der Waals surface area contributed by atoms with Gasteiger partial charge in [0.25, 0.3) is 0 Å². The van der Waals surface area contributed by atoms with Gasteiger partial charge in [-0.1, -0.05) is 160 Å². The molecule has 1 radical (unpaired) electrons. The van der Waals surface area contributed by atoms with Crippen LogP contribution in [0.4, 0.5) is 0 Å². The Morgan fingerprint density at radius 3 is 1.05 bits per heavy atom. The summed E-state index contributed by atoms with van der Waals surface area (Å²) in [6, 6.07) is 43.5. The zero-order chi connectivity index (χ0) is 38.4. The molecular weight excluding hydrogens is 759 g/mol. The van der Waals surface area contributed by atoms with E-state index in [1.807, 2.05) is 0 Å². The molecule has 4 heteroatoms. The first-order valence-electron chi connectivity index (χ1n) is 22.5. The van der Waals surface area contributed by atoms with E-state index in [-0.39, 0.29) is 26.2 Å². The first kappa shape index (κ1) is 44.8. The number of ether oxygens (including phenoxy) is 1. The second-order valence-electron chi connectivity index (χ2n) is 18.7. The van der Waals surface area contributed by atoms with Crippen LogP contribution >= 0.6 is 0 Å². The molecule has 4 saturated carbocycles. The van der Waals surface area contributed by atoms with Gasteiger partial charge in [0.15, 0.2) is 0 Å². The van der Waals surface area contributed by atoms with E-state index in [0.717, 1.165) is 48.7 Å². The number of fused-ring (bicyclic) bond motifs is 2. The van der Waals surface area contributed by atoms with Gasteiger partial charge in [-0.15, -0.1) is 0 Å². The predicted octanol–water partition coefficient (Wildman–Crippen LogP) is 10.8. The maximum atomic E-state index is 8.52. The largest absolute Gasteiger partial charge is 3.00 e. The maximum absolute atomic E-state index is 8.52. The standard InChI is InChI=1S/C24H20B.C20H34.C4H8O.C4H10O.Zr/c1-5-13-21(14-6-1)25(22-15-7-2-8-16-22,23-17-9-3-10-18-23)24-19-11-4-12-20-24;1-3-7-19-15(5-1)9-11-17(19)13-14-18-12-10-16-6-2-4-8-20(16)18;1-2-4-5-3-1;1-4(2,3)5;/h1-20H;15-20H,1-14H2;1-4H2;5H,1-3H3;/q-1;;;;+3. The molecule has 4 aliphatic carbocycles. The third kappa shape index (κ3) is 12.4. The van der Waals surface area contributed by atoms with Gasteiger partial charge in [-0.25, -0.2) is 0 Å². The van der Waals surface area contributed by atoms with Gasteiger partial charge in [0.05, 0.1) is 5.60 Å². The van der Waals surface area contributed by atoms with E-state index in [0.29, 0.717) is 0 Å². The molecule has 2 nitrogen and oxygen atoms in total. The monoisotopic (exact) mass is 829 g/mol. The zero-order valence-corrected chi connectivity index (χ0v) is 37.6. The van der Waals surface area contributed by atoms with E-state index >= 15 is 0 Å². The maximum Gasteiger partial charge on any atom is 3.00 e. The van der Waals surface area contributed by atoms with Crippen LogP contribution in [-0.2, 0) is 30.9 Å². The van der Waals surface area contributed by atoms with Crippen LogP contribution in [0.3, 0.4) is 0 Å². The molecule has 6 atom stereocenters. The Labute approximate surface area is 361 Å². The summed E-state index contributed by atoms with van der Waals surface area (Å²) in [6.45, 7) is 7.23. The molecule has 5 aliphatic rings. The number of rotatable bonds is 7. The third-order valence-electron chi connectivity index (χ3n) is 13.9. The fraction of sp³-hybridized carbons (Fsp3) is 0.538. The molecule has 0 amide bonds. The van der Waals surface area contributed by atoms with Crippen molar-refractivity contribution in [1.29, 1.82) is 0 Å². The van der Waals surface area contributed by atoms with Gasteiger partial charge in [0, 0.05) is 13.2 Å². The summed E-state index contributed by atoms with van der Waals surface area (Å²) < 4.78 is 4.94. The zero-order valence-electron chi connectivity index (χ0n) is 35.2. The summed E-state index contributed by atoms with van der Waals surface area (Å²) in [6.07, 6.45) is 23.4. The smallest absolute Gasteiger partial charge is 0.391 e. The van der Waals surface area contributed by atoms with Crippen LogP contribution in [-0.4, -0.2) is 30.1 Å². The van der Waals surface area contributed by atoms with Crippen LogP contribution in [0.5, 0.6) is 0 Å². The molecule has 0 aromatic heterocycles. The van der Waals surface area contributed by atoms with Crippen molar-refractivity contribution in [3.63, 3.8) is 0 Å². The summed E-state index contributed by atoms with van der Waals surface area (Å²) in [7, 11) is 0. The SMILES string of the molecule is C1CCC2C(C1)CCC2CCC1CCC2CCCCC21.C1CCOC1.CC(C)(C)O.[Zr+3].c1ccc([B-](c2ccccc2)(c2ccccc2)c2ccccc2)cc1. The fourth-order valence-electron chi connectivity index (χ4n) is 11.5. The van der Waals surface area contributed by atoms with Gasteiger partial charge in [-0.3, -0.25) is 0 Å². The van der Waals surface area contributed by atoms with Crippen molar-refractivity contribution in [2.24, 2.45) is 35.5 Å². The predicted molar refractivity (Wildman–Crippen MR) is 238 cm³/mol. The molecule has 0 bridgehead atoms. The van der Waals surface area contributed by atoms with Crippen molar-refractivity contribution >= 4 is 28.0 Å². The topological polar surface area (TPSA) is 29.5 Å². The summed E-state index contributed by atoms with van der Waals surface area (Å²) in [5.41, 5.74) is 4.86. The minimum Gasteiger partial charge on any atom is -0.391 e. The van der Waals surface area contributed by atoms with Gasteiger partial charge in [0.1, 0.15) is 6.15 Å². The van der Waals surface area contributed by atoms with Crippen molar-refractivity contribution in [3.05, 3.63) is 121 Å². The number of aliphatic hydroxyl groups is 1. The number of hydrogen-bond acceptors (Lipinski definition) is 2. The van der Waals surface area contributed by atoms with E-state index in [1.54, 1.807) is 111 Å². The second kappa shape index (κ2) is 22.8. The van der Waals surface area contributed by atoms with Crippen LogP contribution in [0.25, 0.3) is 0 Å². The van der Waals surface area contributed by atoms with Gasteiger partial charge >= 0.3 is 26.2 Å². The van der Waals surface area contributed by atoms with Crippen molar-refractivity contribution in [2.75, 3.05) is 13.2 Å². The molecule has 1 aliphatic heterocycles. The van der Waals surface area contributed by atoms with Crippen LogP contribution in [0.1, 0.15) is 124 Å².